The topological polar surface area (TPSA) is 52.1 Å². The second-order valence-electron chi connectivity index (χ2n) is 5.62. The van der Waals surface area contributed by atoms with Gasteiger partial charge in [0.15, 0.2) is 5.78 Å². The molecule has 1 unspecified atom stereocenters. The Bertz CT molecular complexity index is 860. The molecule has 128 valence electrons. The average Bonchev–Trinajstić information content (AvgIpc) is 3.05. The van der Waals surface area contributed by atoms with Crippen molar-refractivity contribution in [3.63, 3.8) is 0 Å². The first-order chi connectivity index (χ1) is 12.1. The maximum Gasteiger partial charge on any atom is 0.212 e. The minimum absolute atomic E-state index is 0.0466. The molecule has 0 aliphatic rings. The predicted molar refractivity (Wildman–Crippen MR) is 103 cm³/mol. The van der Waals surface area contributed by atoms with E-state index in [1.54, 1.807) is 36.8 Å². The van der Waals surface area contributed by atoms with Crippen LogP contribution < -0.4 is 4.74 Å². The van der Waals surface area contributed by atoms with Gasteiger partial charge in [0.2, 0.25) is 5.88 Å². The molecular formula is C19H17BrN2O2S. The van der Waals surface area contributed by atoms with Crippen LogP contribution in [0.15, 0.2) is 52.6 Å². The van der Waals surface area contributed by atoms with Crippen LogP contribution in [-0.2, 0) is 6.42 Å². The van der Waals surface area contributed by atoms with E-state index in [2.05, 4.69) is 25.9 Å². The molecule has 0 saturated carbocycles. The Balaban J connectivity index is 1.95. The molecule has 0 radical (unpaired) electrons. The molecule has 1 atom stereocenters. The molecular weight excluding hydrogens is 400 g/mol. The minimum Gasteiger partial charge on any atom is -0.481 e. The number of benzene rings is 1. The number of aromatic nitrogens is 2. The Morgan fingerprint density at radius 2 is 1.96 bits per heavy atom. The van der Waals surface area contributed by atoms with E-state index in [0.717, 1.165) is 20.6 Å². The molecule has 0 bridgehead atoms. The summed E-state index contributed by atoms with van der Waals surface area (Å²) in [7, 11) is 1.56. The second-order valence-corrected chi connectivity index (χ2v) is 7.48. The molecule has 0 spiro atoms. The van der Waals surface area contributed by atoms with E-state index in [1.807, 2.05) is 36.7 Å². The molecule has 0 saturated heterocycles. The van der Waals surface area contributed by atoms with Crippen molar-refractivity contribution >= 4 is 33.0 Å². The van der Waals surface area contributed by atoms with E-state index in [4.69, 9.17) is 4.74 Å². The highest BCUT2D eigenvalue weighted by molar-refractivity contribution is 9.10. The zero-order chi connectivity index (χ0) is 17.8. The average molecular weight is 417 g/mol. The van der Waals surface area contributed by atoms with Crippen molar-refractivity contribution in [1.82, 2.24) is 9.97 Å². The molecule has 0 fully saturated rings. The highest BCUT2D eigenvalue weighted by Gasteiger charge is 2.24. The second kappa shape index (κ2) is 7.89. The number of ketones is 1. The molecule has 4 nitrogen and oxygen atoms in total. The number of ether oxygens (including phenoxy) is 1. The summed E-state index contributed by atoms with van der Waals surface area (Å²) in [6.45, 7) is 1.98. The van der Waals surface area contributed by atoms with Crippen molar-refractivity contribution < 1.29 is 9.53 Å². The van der Waals surface area contributed by atoms with Crippen molar-refractivity contribution in [3.05, 3.63) is 74.3 Å². The first kappa shape index (κ1) is 17.8. The third kappa shape index (κ3) is 4.14. The number of Topliss-reactive ketones (excluding diaryl/α,β-unsaturated/α-hetero) is 1. The van der Waals surface area contributed by atoms with Gasteiger partial charge in [0.1, 0.15) is 0 Å². The summed E-state index contributed by atoms with van der Waals surface area (Å²) in [6, 6.07) is 11.4. The summed E-state index contributed by atoms with van der Waals surface area (Å²) in [5.74, 6) is 0.266. The maximum atomic E-state index is 13.2. The van der Waals surface area contributed by atoms with Crippen LogP contribution in [0.4, 0.5) is 0 Å². The zero-order valence-corrected chi connectivity index (χ0v) is 16.3. The number of pyridine rings is 1. The van der Waals surface area contributed by atoms with E-state index in [-0.39, 0.29) is 11.7 Å². The zero-order valence-electron chi connectivity index (χ0n) is 13.9. The molecule has 2 aromatic heterocycles. The summed E-state index contributed by atoms with van der Waals surface area (Å²) < 4.78 is 6.06. The number of halogens is 1. The van der Waals surface area contributed by atoms with Gasteiger partial charge in [0, 0.05) is 27.2 Å². The Labute approximate surface area is 159 Å². The number of nitrogens with zero attached hydrogens (tertiary/aromatic N) is 2. The van der Waals surface area contributed by atoms with Gasteiger partial charge in [-0.2, -0.15) is 0 Å². The van der Waals surface area contributed by atoms with Crippen LogP contribution in [0.25, 0.3) is 0 Å². The lowest BCUT2D eigenvalue weighted by Crippen LogP contribution is -2.16. The molecule has 0 aliphatic carbocycles. The summed E-state index contributed by atoms with van der Waals surface area (Å²) in [4.78, 5) is 22.8. The molecule has 25 heavy (non-hydrogen) atoms. The van der Waals surface area contributed by atoms with Gasteiger partial charge in [-0.15, -0.1) is 11.3 Å². The molecule has 1 aromatic carbocycles. The Hall–Kier alpha value is -2.05. The highest BCUT2D eigenvalue weighted by atomic mass is 79.9. The van der Waals surface area contributed by atoms with Crippen molar-refractivity contribution in [2.75, 3.05) is 7.11 Å². The van der Waals surface area contributed by atoms with E-state index in [1.165, 1.54) is 0 Å². The molecule has 2 heterocycles. The number of hydrogen-bond donors (Lipinski definition) is 0. The summed E-state index contributed by atoms with van der Waals surface area (Å²) in [5, 5.41) is 0. The van der Waals surface area contributed by atoms with E-state index in [9.17, 15) is 4.79 Å². The summed E-state index contributed by atoms with van der Waals surface area (Å²) in [6.07, 6.45) is 2.20. The van der Waals surface area contributed by atoms with Crippen molar-refractivity contribution in [1.29, 1.82) is 0 Å². The van der Waals surface area contributed by atoms with Crippen LogP contribution in [0.3, 0.4) is 0 Å². The molecule has 0 N–H and O–H groups in total. The number of carbonyl (C=O) groups is 1. The van der Waals surface area contributed by atoms with E-state index < -0.39 is 0 Å². The first-order valence-corrected chi connectivity index (χ1v) is 9.44. The van der Waals surface area contributed by atoms with Crippen molar-refractivity contribution in [3.8, 4) is 5.88 Å². The number of aryl methyl sites for hydroxylation is 1. The summed E-state index contributed by atoms with van der Waals surface area (Å²) in [5.41, 5.74) is 4.36. The van der Waals surface area contributed by atoms with Crippen LogP contribution in [0.2, 0.25) is 0 Å². The lowest BCUT2D eigenvalue weighted by molar-refractivity contribution is 0.0958. The quantitative estimate of drug-likeness (QED) is 0.540. The minimum atomic E-state index is -0.276. The number of hydrogen-bond acceptors (Lipinski definition) is 5. The molecule has 3 aromatic rings. The van der Waals surface area contributed by atoms with Crippen molar-refractivity contribution in [2.24, 2.45) is 0 Å². The monoisotopic (exact) mass is 416 g/mol. The van der Waals surface area contributed by atoms with Gasteiger partial charge in [0.25, 0.3) is 0 Å². The van der Waals surface area contributed by atoms with Gasteiger partial charge < -0.3 is 4.74 Å². The lowest BCUT2D eigenvalue weighted by Gasteiger charge is -2.16. The smallest absolute Gasteiger partial charge is 0.212 e. The van der Waals surface area contributed by atoms with Gasteiger partial charge in [-0.05, 0) is 37.1 Å². The maximum absolute atomic E-state index is 13.2. The van der Waals surface area contributed by atoms with E-state index >= 15 is 0 Å². The summed E-state index contributed by atoms with van der Waals surface area (Å²) >= 11 is 5.03. The molecule has 0 aliphatic heterocycles. The number of thiazole rings is 1. The van der Waals surface area contributed by atoms with Crippen LogP contribution in [-0.4, -0.2) is 22.9 Å². The predicted octanol–water partition coefficient (Wildman–Crippen LogP) is 4.83. The lowest BCUT2D eigenvalue weighted by atomic mass is 9.88. The first-order valence-electron chi connectivity index (χ1n) is 7.77. The fourth-order valence-corrected chi connectivity index (χ4v) is 3.70. The van der Waals surface area contributed by atoms with Crippen LogP contribution >= 0.6 is 27.3 Å². The van der Waals surface area contributed by atoms with Crippen molar-refractivity contribution in [2.45, 2.75) is 19.3 Å². The van der Waals surface area contributed by atoms with Gasteiger partial charge in [0.05, 0.1) is 24.2 Å². The number of methoxy groups -OCH3 is 1. The highest BCUT2D eigenvalue weighted by Crippen LogP contribution is 2.29. The standard InChI is InChI=1S/C19H17BrN2O2S/c1-12-17(25-11-22-12)9-16(13-3-6-15(20)7-4-13)19(23)14-5-8-18(24-2)21-10-14/h3-8,10-11,16H,9H2,1-2H3. The fraction of sp³-hybridized carbons (Fsp3) is 0.211. The third-order valence-electron chi connectivity index (χ3n) is 4.05. The fourth-order valence-electron chi connectivity index (χ4n) is 2.61. The SMILES string of the molecule is COc1ccc(C(=O)C(Cc2scnc2C)c2ccc(Br)cc2)cn1. The van der Waals surface area contributed by atoms with Gasteiger partial charge in [-0.1, -0.05) is 28.1 Å². The van der Waals surface area contributed by atoms with E-state index in [0.29, 0.717) is 17.9 Å². The Kier molecular flexibility index (Phi) is 5.60. The molecule has 6 heteroatoms. The molecule has 3 rings (SSSR count). The Morgan fingerprint density at radius 1 is 1.20 bits per heavy atom. The van der Waals surface area contributed by atoms with Gasteiger partial charge in [-0.3, -0.25) is 4.79 Å². The largest absolute Gasteiger partial charge is 0.481 e. The van der Waals surface area contributed by atoms with Crippen LogP contribution in [0.5, 0.6) is 5.88 Å². The third-order valence-corrected chi connectivity index (χ3v) is 5.54. The van der Waals surface area contributed by atoms with Gasteiger partial charge >= 0.3 is 0 Å². The van der Waals surface area contributed by atoms with Crippen LogP contribution in [0, 0.1) is 6.92 Å². The van der Waals surface area contributed by atoms with Crippen LogP contribution in [0.1, 0.15) is 32.4 Å². The number of carbonyl (C=O) groups excluding carboxylic acids is 1. The number of rotatable bonds is 6. The molecule has 0 amide bonds. The normalized spacial score (nSPS) is 12.0. The Morgan fingerprint density at radius 3 is 2.52 bits per heavy atom. The van der Waals surface area contributed by atoms with Gasteiger partial charge in [-0.25, -0.2) is 9.97 Å².